The smallest absolute Gasteiger partial charge is 0.507 e. The van der Waals surface area contributed by atoms with E-state index in [4.69, 9.17) is 33.2 Å². The molecule has 0 radical (unpaired) electrons. The van der Waals surface area contributed by atoms with Crippen LogP contribution in [0, 0.1) is 6.92 Å². The summed E-state index contributed by atoms with van der Waals surface area (Å²) in [6, 6.07) is 0. The molecular weight excluding hydrogens is 857 g/mol. The average molecular weight is 945 g/mol. The predicted molar refractivity (Wildman–Crippen MR) is 260 cm³/mol. The minimum absolute atomic E-state index is 0.0214. The first kappa shape index (κ1) is 58.8. The highest BCUT2D eigenvalue weighted by Crippen LogP contribution is 2.42. The third-order valence-electron chi connectivity index (χ3n) is 12.5. The maximum atomic E-state index is 12.6. The van der Waals surface area contributed by atoms with Crippen LogP contribution < -0.4 is 4.74 Å². The Kier molecular flexibility index (Phi) is 33.1. The van der Waals surface area contributed by atoms with Crippen LogP contribution in [0.5, 0.6) is 11.5 Å². The van der Waals surface area contributed by atoms with Crippen molar-refractivity contribution in [2.24, 2.45) is 0 Å². The van der Waals surface area contributed by atoms with Gasteiger partial charge >= 0.3 is 30.0 Å². The molecule has 0 amide bonds. The molecule has 0 aromatic heterocycles. The van der Waals surface area contributed by atoms with Crippen LogP contribution in [0.2, 0.25) is 0 Å². The number of allylic oxidation sites excluding steroid dienone is 2. The standard InChI is InChI=1S/C54H88O13/c1-6-8-10-12-14-16-18-20-22-24-26-28-30-32-47(55)62-38-44(39-63-48(56)33-31-29-27-25-23-21-19-17-15-13-11-9-7-2)67-54(60)66-41-65-49(57)37-35-42(3)34-36-45-51(58)50-46(40-64-53(50)59)43(4)52(45)61-5/h34,44,58H,6-33,35-41H2,1-5H3/b42-34+. The van der Waals surface area contributed by atoms with E-state index in [-0.39, 0.29) is 56.8 Å². The fraction of sp³-hybridized carbons (Fsp3) is 0.759. The number of carbonyl (C=O) groups is 5. The van der Waals surface area contributed by atoms with E-state index in [9.17, 15) is 29.1 Å². The van der Waals surface area contributed by atoms with Gasteiger partial charge in [0.15, 0.2) is 6.10 Å². The Morgan fingerprint density at radius 1 is 0.612 bits per heavy atom. The summed E-state index contributed by atoms with van der Waals surface area (Å²) in [5, 5.41) is 10.9. The number of hydrogen-bond acceptors (Lipinski definition) is 13. The fourth-order valence-electron chi connectivity index (χ4n) is 8.30. The molecule has 382 valence electrons. The number of esters is 4. The first-order valence-corrected chi connectivity index (χ1v) is 26.1. The third-order valence-corrected chi connectivity index (χ3v) is 12.5. The van der Waals surface area contributed by atoms with E-state index in [1.165, 1.54) is 123 Å². The quantitative estimate of drug-likeness (QED) is 0.0216. The molecule has 0 spiro atoms. The molecule has 1 aliphatic rings. The van der Waals surface area contributed by atoms with Gasteiger partial charge in [0.05, 0.1) is 7.11 Å². The van der Waals surface area contributed by atoms with Crippen LogP contribution in [0.1, 0.15) is 240 Å². The molecule has 0 saturated carbocycles. The monoisotopic (exact) mass is 945 g/mol. The molecule has 0 saturated heterocycles. The summed E-state index contributed by atoms with van der Waals surface area (Å²) >= 11 is 0. The van der Waals surface area contributed by atoms with Gasteiger partial charge in [0.1, 0.15) is 36.9 Å². The van der Waals surface area contributed by atoms with Gasteiger partial charge in [-0.05, 0) is 45.1 Å². The van der Waals surface area contributed by atoms with Crippen LogP contribution in [0.3, 0.4) is 0 Å². The zero-order chi connectivity index (χ0) is 48.9. The minimum Gasteiger partial charge on any atom is -0.507 e. The van der Waals surface area contributed by atoms with Gasteiger partial charge in [-0.2, -0.15) is 0 Å². The molecule has 0 aliphatic carbocycles. The molecule has 1 heterocycles. The fourth-order valence-corrected chi connectivity index (χ4v) is 8.30. The number of phenolic OH excluding ortho intramolecular Hbond substituents is 1. The van der Waals surface area contributed by atoms with Crippen molar-refractivity contribution in [3.05, 3.63) is 33.9 Å². The van der Waals surface area contributed by atoms with Gasteiger partial charge in [0.25, 0.3) is 0 Å². The van der Waals surface area contributed by atoms with Crippen LogP contribution in [0.4, 0.5) is 4.79 Å². The number of phenols is 1. The molecular formula is C54H88O13. The summed E-state index contributed by atoms with van der Waals surface area (Å²) in [7, 11) is 1.49. The van der Waals surface area contributed by atoms with E-state index < -0.39 is 42.9 Å². The lowest BCUT2D eigenvalue weighted by Crippen LogP contribution is -2.31. The molecule has 67 heavy (non-hydrogen) atoms. The normalized spacial score (nSPS) is 12.2. The number of unbranched alkanes of at least 4 members (excludes halogenated alkanes) is 24. The molecule has 2 rings (SSSR count). The largest absolute Gasteiger partial charge is 0.511 e. The molecule has 1 aromatic carbocycles. The van der Waals surface area contributed by atoms with Crippen molar-refractivity contribution in [2.75, 3.05) is 27.1 Å². The maximum Gasteiger partial charge on any atom is 0.511 e. The third kappa shape index (κ3) is 26.7. The first-order chi connectivity index (χ1) is 32.5. The second-order valence-corrected chi connectivity index (χ2v) is 18.3. The van der Waals surface area contributed by atoms with Crippen molar-refractivity contribution in [3.63, 3.8) is 0 Å². The maximum absolute atomic E-state index is 12.6. The summed E-state index contributed by atoms with van der Waals surface area (Å²) in [4.78, 5) is 62.6. The molecule has 1 N–H and O–H groups in total. The van der Waals surface area contributed by atoms with E-state index in [1.54, 1.807) is 6.92 Å². The zero-order valence-electron chi connectivity index (χ0n) is 42.2. The second-order valence-electron chi connectivity index (χ2n) is 18.3. The van der Waals surface area contributed by atoms with Crippen LogP contribution in [0.25, 0.3) is 0 Å². The zero-order valence-corrected chi connectivity index (χ0v) is 42.2. The van der Waals surface area contributed by atoms with Gasteiger partial charge in [-0.15, -0.1) is 0 Å². The van der Waals surface area contributed by atoms with E-state index in [2.05, 4.69) is 13.8 Å². The summed E-state index contributed by atoms with van der Waals surface area (Å²) in [5.41, 5.74) is 2.73. The molecule has 13 heteroatoms. The Morgan fingerprint density at radius 2 is 1.04 bits per heavy atom. The minimum atomic E-state index is -1.17. The molecule has 1 aliphatic heterocycles. The van der Waals surface area contributed by atoms with Crippen LogP contribution >= 0.6 is 0 Å². The number of cyclic esters (lactones) is 1. The molecule has 0 unspecified atom stereocenters. The number of hydrogen-bond donors (Lipinski definition) is 1. The molecule has 0 atom stereocenters. The van der Waals surface area contributed by atoms with Crippen molar-refractivity contribution < 1.29 is 62.2 Å². The van der Waals surface area contributed by atoms with Gasteiger partial charge < -0.3 is 38.3 Å². The lowest BCUT2D eigenvalue weighted by atomic mass is 9.94. The highest BCUT2D eigenvalue weighted by molar-refractivity contribution is 5.98. The van der Waals surface area contributed by atoms with Gasteiger partial charge in [0, 0.05) is 30.4 Å². The summed E-state index contributed by atoms with van der Waals surface area (Å²) in [6.07, 6.45) is 31.7. The van der Waals surface area contributed by atoms with E-state index in [1.807, 2.05) is 13.0 Å². The lowest BCUT2D eigenvalue weighted by molar-refractivity contribution is -0.159. The number of rotatable bonds is 41. The van der Waals surface area contributed by atoms with Gasteiger partial charge in [-0.25, -0.2) is 9.59 Å². The van der Waals surface area contributed by atoms with E-state index in [0.717, 1.165) is 49.7 Å². The van der Waals surface area contributed by atoms with Gasteiger partial charge in [-0.1, -0.05) is 180 Å². The number of fused-ring (bicyclic) bond motifs is 1. The molecule has 0 fully saturated rings. The SMILES string of the molecule is CCCCCCCCCCCCCCCC(=O)OCC(COC(=O)CCCCCCCCCCCCCCC)OC(=O)OCOC(=O)CC/C(C)=C/Cc1c(O)c2c(c(C)c1OC)COC2=O. The summed E-state index contributed by atoms with van der Waals surface area (Å²) in [6.45, 7) is 6.84. The van der Waals surface area contributed by atoms with E-state index >= 15 is 0 Å². The van der Waals surface area contributed by atoms with Crippen molar-refractivity contribution in [1.29, 1.82) is 0 Å². The Morgan fingerprint density at radius 3 is 1.49 bits per heavy atom. The number of aromatic hydroxyl groups is 1. The topological polar surface area (TPSA) is 170 Å². The number of methoxy groups -OCH3 is 1. The Bertz CT molecular complexity index is 1560. The van der Waals surface area contributed by atoms with Crippen molar-refractivity contribution in [3.8, 4) is 11.5 Å². The highest BCUT2D eigenvalue weighted by atomic mass is 16.8. The summed E-state index contributed by atoms with van der Waals surface area (Å²) in [5.74, 6) is -1.77. The Hall–Kier alpha value is -4.29. The molecule has 1 aromatic rings. The van der Waals surface area contributed by atoms with Crippen molar-refractivity contribution >= 4 is 30.0 Å². The van der Waals surface area contributed by atoms with Gasteiger partial charge in [0.2, 0.25) is 6.79 Å². The number of carbonyl (C=O) groups excluding carboxylic acids is 5. The molecule has 0 bridgehead atoms. The second kappa shape index (κ2) is 37.7. The Balaban J connectivity index is 1.75. The van der Waals surface area contributed by atoms with Crippen LogP contribution in [-0.2, 0) is 55.8 Å². The van der Waals surface area contributed by atoms with E-state index in [0.29, 0.717) is 36.1 Å². The number of benzene rings is 1. The summed E-state index contributed by atoms with van der Waals surface area (Å²) < 4.78 is 36.9. The highest BCUT2D eigenvalue weighted by Gasteiger charge is 2.32. The molecule has 13 nitrogen and oxygen atoms in total. The van der Waals surface area contributed by atoms with Crippen LogP contribution in [-0.4, -0.2) is 68.4 Å². The van der Waals surface area contributed by atoms with Crippen LogP contribution in [0.15, 0.2) is 11.6 Å². The Labute approximate surface area is 403 Å². The first-order valence-electron chi connectivity index (χ1n) is 26.1. The van der Waals surface area contributed by atoms with Crippen molar-refractivity contribution in [1.82, 2.24) is 0 Å². The average Bonchev–Trinajstić information content (AvgIpc) is 3.71. The lowest BCUT2D eigenvalue weighted by Gasteiger charge is -2.18. The predicted octanol–water partition coefficient (Wildman–Crippen LogP) is 13.7. The van der Waals surface area contributed by atoms with Gasteiger partial charge in [-0.3, -0.25) is 14.4 Å². The van der Waals surface area contributed by atoms with Crippen molar-refractivity contribution in [2.45, 2.75) is 239 Å². The number of ether oxygens (including phenoxy) is 7.